The largest absolute Gasteiger partial charge is 0.343 e. The van der Waals surface area contributed by atoms with Gasteiger partial charge in [0.05, 0.1) is 0 Å². The smallest absolute Gasteiger partial charge is 0.240 e. The topological polar surface area (TPSA) is 20.3 Å². The van der Waals surface area contributed by atoms with Crippen molar-refractivity contribution in [3.63, 3.8) is 0 Å². The summed E-state index contributed by atoms with van der Waals surface area (Å²) in [7, 11) is -2.82. The van der Waals surface area contributed by atoms with E-state index in [0.29, 0.717) is 13.1 Å². The third-order valence-electron chi connectivity index (χ3n) is 4.09. The molecule has 2 nitrogen and oxygen atoms in total. The van der Waals surface area contributed by atoms with Crippen LogP contribution in [0.1, 0.15) is 19.4 Å². The number of halogens is 2. The van der Waals surface area contributed by atoms with E-state index >= 15 is 0 Å². The number of nitrogens with zero attached hydrogens (tertiary/aromatic N) is 1. The van der Waals surface area contributed by atoms with Gasteiger partial charge in [-0.2, -0.15) is 0 Å². The van der Waals surface area contributed by atoms with Gasteiger partial charge in [-0.05, 0) is 25.8 Å². The van der Waals surface area contributed by atoms with Crippen molar-refractivity contribution in [3.8, 4) is 0 Å². The summed E-state index contributed by atoms with van der Waals surface area (Å²) < 4.78 is 30.0. The zero-order valence-electron chi connectivity index (χ0n) is 14.2. The van der Waals surface area contributed by atoms with E-state index in [1.54, 1.807) is 19.6 Å². The number of hydrogen-bond acceptors (Lipinski definition) is 1. The number of benzene rings is 1. The molecule has 0 aliphatic rings. The maximum absolute atomic E-state index is 15.0. The minimum Gasteiger partial charge on any atom is -0.343 e. The number of carbonyl (C=O) groups excluding carboxylic acids is 1. The second-order valence-corrected chi connectivity index (χ2v) is 11.8. The highest BCUT2D eigenvalue weighted by atomic mass is 28.3. The summed E-state index contributed by atoms with van der Waals surface area (Å²) in [6, 6.07) is 9.11. The Morgan fingerprint density at radius 1 is 1.14 bits per heavy atom. The summed E-state index contributed by atoms with van der Waals surface area (Å²) >= 11 is 0. The van der Waals surface area contributed by atoms with Gasteiger partial charge in [0.25, 0.3) is 0 Å². The molecule has 0 heterocycles. The summed E-state index contributed by atoms with van der Waals surface area (Å²) in [6.45, 7) is 9.45. The van der Waals surface area contributed by atoms with Crippen molar-refractivity contribution >= 4 is 14.0 Å². The van der Waals surface area contributed by atoms with Crippen molar-refractivity contribution in [2.24, 2.45) is 5.92 Å². The highest BCUT2D eigenvalue weighted by Crippen LogP contribution is 2.37. The Hall–Kier alpha value is -1.23. The number of hydrogen-bond donors (Lipinski definition) is 0. The molecule has 0 N–H and O–H groups in total. The van der Waals surface area contributed by atoms with Crippen molar-refractivity contribution in [1.82, 2.24) is 4.90 Å². The maximum atomic E-state index is 15.0. The fourth-order valence-electron chi connectivity index (χ4n) is 2.50. The molecule has 0 saturated heterocycles. The first-order chi connectivity index (χ1) is 10.1. The van der Waals surface area contributed by atoms with E-state index in [9.17, 15) is 13.6 Å². The van der Waals surface area contributed by atoms with Gasteiger partial charge in [0.2, 0.25) is 11.5 Å². The second-order valence-electron chi connectivity index (χ2n) is 6.63. The molecule has 0 aromatic heterocycles. The van der Waals surface area contributed by atoms with Gasteiger partial charge in [-0.1, -0.05) is 50.0 Å². The summed E-state index contributed by atoms with van der Waals surface area (Å²) in [5, 5.41) is 0. The molecule has 0 aliphatic heterocycles. The van der Waals surface area contributed by atoms with Gasteiger partial charge >= 0.3 is 0 Å². The van der Waals surface area contributed by atoms with Crippen LogP contribution in [0.25, 0.3) is 0 Å². The Morgan fingerprint density at radius 3 is 2.05 bits per heavy atom. The predicted octanol–water partition coefficient (Wildman–Crippen LogP) is 4.23. The zero-order valence-corrected chi connectivity index (χ0v) is 15.2. The van der Waals surface area contributed by atoms with Gasteiger partial charge in [-0.15, -0.1) is 0 Å². The van der Waals surface area contributed by atoms with Crippen molar-refractivity contribution < 1.29 is 13.6 Å². The molecule has 1 unspecified atom stereocenters. The molecule has 22 heavy (non-hydrogen) atoms. The Morgan fingerprint density at radius 2 is 1.64 bits per heavy atom. The fraction of sp³-hybridized carbons (Fsp3) is 0.588. The summed E-state index contributed by atoms with van der Waals surface area (Å²) in [6.07, 6.45) is 0.0907. The van der Waals surface area contributed by atoms with Crippen LogP contribution in [0.4, 0.5) is 8.78 Å². The minimum absolute atomic E-state index is 0.0907. The molecular weight excluding hydrogens is 300 g/mol. The van der Waals surface area contributed by atoms with Crippen LogP contribution < -0.4 is 0 Å². The molecule has 1 atom stereocenters. The van der Waals surface area contributed by atoms with Crippen molar-refractivity contribution in [2.45, 2.75) is 45.5 Å². The third-order valence-corrected chi connectivity index (χ3v) is 6.44. The molecule has 1 aromatic rings. The van der Waals surface area contributed by atoms with Crippen LogP contribution in [0.5, 0.6) is 0 Å². The van der Waals surface area contributed by atoms with Crippen LogP contribution in [0.3, 0.4) is 0 Å². The van der Waals surface area contributed by atoms with Gasteiger partial charge in [0.15, 0.2) is 0 Å². The zero-order chi connectivity index (χ0) is 17.0. The lowest BCUT2D eigenvalue weighted by molar-refractivity contribution is -0.143. The van der Waals surface area contributed by atoms with Crippen LogP contribution >= 0.6 is 0 Å². The van der Waals surface area contributed by atoms with Gasteiger partial charge in [0.1, 0.15) is 14.0 Å². The summed E-state index contributed by atoms with van der Waals surface area (Å²) in [5.41, 5.74) is -2.16. The molecule has 0 aliphatic carbocycles. The Kier molecular flexibility index (Phi) is 6.29. The van der Waals surface area contributed by atoms with Gasteiger partial charge in [-0.25, -0.2) is 8.78 Å². The Bertz CT molecular complexity index is 481. The first-order valence-electron chi connectivity index (χ1n) is 7.85. The molecule has 124 valence electrons. The standard InChI is InChI=1S/C17H27F2NOSi/c1-6-20(7-2)16(21)15(17(18,19)22(3,4)5)13-14-11-9-8-10-12-14/h8-12,15H,6-7,13H2,1-5H3. The normalized spacial score (nSPS) is 13.8. The molecule has 0 spiro atoms. The number of rotatable bonds is 7. The average molecular weight is 327 g/mol. The number of carbonyl (C=O) groups is 1. The van der Waals surface area contributed by atoms with Crippen LogP contribution in [0.2, 0.25) is 19.6 Å². The van der Waals surface area contributed by atoms with E-state index in [0.717, 1.165) is 5.56 Å². The van der Waals surface area contributed by atoms with Gasteiger partial charge in [0, 0.05) is 13.1 Å². The molecule has 1 aromatic carbocycles. The van der Waals surface area contributed by atoms with E-state index in [1.165, 1.54) is 4.90 Å². The quantitative estimate of drug-likeness (QED) is 0.686. The van der Waals surface area contributed by atoms with Gasteiger partial charge in [-0.3, -0.25) is 4.79 Å². The molecular formula is C17H27F2NOSi. The summed E-state index contributed by atoms with van der Waals surface area (Å²) in [4.78, 5) is 14.2. The molecule has 0 radical (unpaired) electrons. The maximum Gasteiger partial charge on any atom is 0.240 e. The van der Waals surface area contributed by atoms with Crippen molar-refractivity contribution in [2.75, 3.05) is 13.1 Å². The Balaban J connectivity index is 3.18. The molecule has 0 fully saturated rings. The molecule has 0 saturated carbocycles. The van der Waals surface area contributed by atoms with Crippen molar-refractivity contribution in [1.29, 1.82) is 0 Å². The SMILES string of the molecule is CCN(CC)C(=O)C(Cc1ccccc1)C(F)(F)[Si](C)(C)C. The summed E-state index contributed by atoms with van der Waals surface area (Å²) in [5.74, 6) is -1.71. The van der Waals surface area contributed by atoms with Crippen LogP contribution in [-0.4, -0.2) is 37.5 Å². The lowest BCUT2D eigenvalue weighted by Crippen LogP contribution is -2.56. The fourth-order valence-corrected chi connectivity index (χ4v) is 3.77. The number of amides is 1. The lowest BCUT2D eigenvalue weighted by atomic mass is 9.97. The van der Waals surface area contributed by atoms with E-state index in [4.69, 9.17) is 0 Å². The third kappa shape index (κ3) is 4.15. The van der Waals surface area contributed by atoms with E-state index in [2.05, 4.69) is 0 Å². The van der Waals surface area contributed by atoms with Gasteiger partial charge < -0.3 is 4.90 Å². The predicted molar refractivity (Wildman–Crippen MR) is 89.9 cm³/mol. The van der Waals surface area contributed by atoms with Crippen LogP contribution in [0, 0.1) is 5.92 Å². The minimum atomic E-state index is -2.94. The average Bonchev–Trinajstić information content (AvgIpc) is 2.45. The molecule has 1 rings (SSSR count). The Labute approximate surface area is 133 Å². The van der Waals surface area contributed by atoms with Crippen LogP contribution in [-0.2, 0) is 11.2 Å². The molecule has 1 amide bonds. The van der Waals surface area contributed by atoms with E-state index in [-0.39, 0.29) is 6.42 Å². The van der Waals surface area contributed by atoms with E-state index in [1.807, 2.05) is 44.2 Å². The van der Waals surface area contributed by atoms with Crippen LogP contribution in [0.15, 0.2) is 30.3 Å². The number of alkyl halides is 2. The first kappa shape index (κ1) is 18.8. The highest BCUT2D eigenvalue weighted by Gasteiger charge is 2.54. The highest BCUT2D eigenvalue weighted by molar-refractivity contribution is 6.78. The second kappa shape index (κ2) is 7.35. The molecule has 5 heteroatoms. The monoisotopic (exact) mass is 327 g/mol. The first-order valence-corrected chi connectivity index (χ1v) is 11.4. The van der Waals surface area contributed by atoms with Crippen molar-refractivity contribution in [3.05, 3.63) is 35.9 Å². The lowest BCUT2D eigenvalue weighted by Gasteiger charge is -2.37. The van der Waals surface area contributed by atoms with E-state index < -0.39 is 25.4 Å². The molecule has 0 bridgehead atoms.